The molecule has 8 heteroatoms. The number of phenolic OH excluding ortho intramolecular Hbond substituents is 1. The Labute approximate surface area is 172 Å². The Morgan fingerprint density at radius 3 is 2.07 bits per heavy atom. The van der Waals surface area contributed by atoms with Gasteiger partial charge in [0.1, 0.15) is 5.75 Å². The van der Waals surface area contributed by atoms with Crippen LogP contribution in [-0.4, -0.2) is 54.0 Å². The number of imide groups is 1. The average molecular weight is 420 g/mol. The molecule has 0 radical (unpaired) electrons. The van der Waals surface area contributed by atoms with Crippen LogP contribution in [0.3, 0.4) is 0 Å². The number of halogens is 2. The fourth-order valence-corrected chi connectivity index (χ4v) is 4.31. The summed E-state index contributed by atoms with van der Waals surface area (Å²) in [7, 11) is 0. The lowest BCUT2D eigenvalue weighted by Gasteiger charge is -2.38. The van der Waals surface area contributed by atoms with Crippen LogP contribution in [0.2, 0.25) is 10.0 Å². The Hall–Kier alpha value is -2.28. The quantitative estimate of drug-likeness (QED) is 0.774. The standard InChI is InChI=1S/C20H19Cl2N3O3/c21-13-9-14(22)11-16(10-13)25-19(27)12-18(20(25)28)24-7-5-23(6-8-24)15-1-3-17(26)4-2-15/h1-4,9-11,18,26H,5-8,12H2. The summed E-state index contributed by atoms with van der Waals surface area (Å²) in [6, 6.07) is 11.3. The lowest BCUT2D eigenvalue weighted by atomic mass is 10.1. The van der Waals surface area contributed by atoms with Crippen molar-refractivity contribution in [2.24, 2.45) is 0 Å². The largest absolute Gasteiger partial charge is 0.508 e. The second-order valence-corrected chi connectivity index (χ2v) is 7.83. The first-order valence-corrected chi connectivity index (χ1v) is 9.79. The van der Waals surface area contributed by atoms with E-state index < -0.39 is 6.04 Å². The number of piperazine rings is 1. The molecule has 0 bridgehead atoms. The third-order valence-corrected chi connectivity index (χ3v) is 5.63. The van der Waals surface area contributed by atoms with Crippen molar-refractivity contribution in [2.45, 2.75) is 12.5 Å². The van der Waals surface area contributed by atoms with E-state index in [0.717, 1.165) is 18.8 Å². The summed E-state index contributed by atoms with van der Waals surface area (Å²) in [6.45, 7) is 2.83. The lowest BCUT2D eigenvalue weighted by molar-refractivity contribution is -0.123. The van der Waals surface area contributed by atoms with E-state index in [1.165, 1.54) is 4.90 Å². The van der Waals surface area contributed by atoms with E-state index in [-0.39, 0.29) is 24.0 Å². The highest BCUT2D eigenvalue weighted by molar-refractivity contribution is 6.35. The van der Waals surface area contributed by atoms with Crippen molar-refractivity contribution < 1.29 is 14.7 Å². The summed E-state index contributed by atoms with van der Waals surface area (Å²) < 4.78 is 0. The van der Waals surface area contributed by atoms with Crippen LogP contribution in [-0.2, 0) is 9.59 Å². The van der Waals surface area contributed by atoms with Crippen molar-refractivity contribution in [2.75, 3.05) is 36.0 Å². The number of anilines is 2. The Morgan fingerprint density at radius 1 is 0.857 bits per heavy atom. The van der Waals surface area contributed by atoms with Crippen LogP contribution in [0.1, 0.15) is 6.42 Å². The monoisotopic (exact) mass is 419 g/mol. The molecule has 1 N–H and O–H groups in total. The molecular formula is C20H19Cl2N3O3. The van der Waals surface area contributed by atoms with Crippen LogP contribution in [0.25, 0.3) is 0 Å². The molecule has 2 aromatic carbocycles. The fraction of sp³-hybridized carbons (Fsp3) is 0.300. The molecular weight excluding hydrogens is 401 g/mol. The van der Waals surface area contributed by atoms with Crippen molar-refractivity contribution in [3.63, 3.8) is 0 Å². The molecule has 6 nitrogen and oxygen atoms in total. The van der Waals surface area contributed by atoms with Gasteiger partial charge in [-0.1, -0.05) is 23.2 Å². The van der Waals surface area contributed by atoms with Gasteiger partial charge in [0.25, 0.3) is 5.91 Å². The summed E-state index contributed by atoms with van der Waals surface area (Å²) in [6.07, 6.45) is 0.155. The van der Waals surface area contributed by atoms with Crippen molar-refractivity contribution >= 4 is 46.4 Å². The minimum Gasteiger partial charge on any atom is -0.508 e. The molecule has 2 saturated heterocycles. The fourth-order valence-electron chi connectivity index (χ4n) is 3.80. The number of hydrogen-bond acceptors (Lipinski definition) is 5. The zero-order valence-corrected chi connectivity index (χ0v) is 16.5. The highest BCUT2D eigenvalue weighted by atomic mass is 35.5. The molecule has 2 amide bonds. The molecule has 2 aliphatic rings. The summed E-state index contributed by atoms with van der Waals surface area (Å²) >= 11 is 12.1. The number of rotatable bonds is 3. The SMILES string of the molecule is O=C1CC(N2CCN(c3ccc(O)cc3)CC2)C(=O)N1c1cc(Cl)cc(Cl)c1. The van der Waals surface area contributed by atoms with Gasteiger partial charge in [-0.3, -0.25) is 14.5 Å². The van der Waals surface area contributed by atoms with Crippen molar-refractivity contribution in [1.29, 1.82) is 0 Å². The summed E-state index contributed by atoms with van der Waals surface area (Å²) in [5.74, 6) is -0.241. The number of amides is 2. The second-order valence-electron chi connectivity index (χ2n) is 6.95. The van der Waals surface area contributed by atoms with Gasteiger partial charge in [0.2, 0.25) is 5.91 Å². The van der Waals surface area contributed by atoms with Crippen LogP contribution < -0.4 is 9.80 Å². The average Bonchev–Trinajstić information content (AvgIpc) is 2.96. The summed E-state index contributed by atoms with van der Waals surface area (Å²) in [4.78, 5) is 30.9. The molecule has 2 fully saturated rings. The van der Waals surface area contributed by atoms with Gasteiger partial charge in [0.05, 0.1) is 18.2 Å². The first kappa shape index (κ1) is 19.1. The third-order valence-electron chi connectivity index (χ3n) is 5.20. The number of nitrogens with zero attached hydrogens (tertiary/aromatic N) is 3. The number of phenols is 1. The minimum absolute atomic E-state index is 0.155. The zero-order valence-electron chi connectivity index (χ0n) is 15.0. The normalized spacial score (nSPS) is 20.9. The maximum absolute atomic E-state index is 13.0. The van der Waals surface area contributed by atoms with Gasteiger partial charge >= 0.3 is 0 Å². The van der Waals surface area contributed by atoms with Gasteiger partial charge < -0.3 is 10.0 Å². The van der Waals surface area contributed by atoms with E-state index in [0.29, 0.717) is 28.8 Å². The van der Waals surface area contributed by atoms with Crippen molar-refractivity contribution in [1.82, 2.24) is 4.90 Å². The number of benzene rings is 2. The first-order valence-electron chi connectivity index (χ1n) is 9.03. The van der Waals surface area contributed by atoms with E-state index in [1.807, 2.05) is 12.1 Å². The molecule has 2 heterocycles. The highest BCUT2D eigenvalue weighted by Gasteiger charge is 2.43. The molecule has 2 aromatic rings. The smallest absolute Gasteiger partial charge is 0.251 e. The second kappa shape index (κ2) is 7.62. The predicted octanol–water partition coefficient (Wildman–Crippen LogP) is 3.15. The maximum Gasteiger partial charge on any atom is 0.251 e. The summed E-state index contributed by atoms with van der Waals surface area (Å²) in [5.41, 5.74) is 1.44. The lowest BCUT2D eigenvalue weighted by Crippen LogP contribution is -2.52. The molecule has 1 atom stereocenters. The number of carbonyl (C=O) groups is 2. The van der Waals surface area contributed by atoms with E-state index in [4.69, 9.17) is 23.2 Å². The number of aromatic hydroxyl groups is 1. The molecule has 4 rings (SSSR count). The highest BCUT2D eigenvalue weighted by Crippen LogP contribution is 2.31. The first-order chi connectivity index (χ1) is 13.4. The van der Waals surface area contributed by atoms with Gasteiger partial charge in [-0.15, -0.1) is 0 Å². The van der Waals surface area contributed by atoms with Gasteiger partial charge in [-0.05, 0) is 42.5 Å². The Bertz CT molecular complexity index is 891. The molecule has 0 aromatic heterocycles. The Morgan fingerprint density at radius 2 is 1.46 bits per heavy atom. The van der Waals surface area contributed by atoms with E-state index in [9.17, 15) is 14.7 Å². The Kier molecular flexibility index (Phi) is 5.19. The molecule has 0 aliphatic carbocycles. The third kappa shape index (κ3) is 3.68. The van der Waals surface area contributed by atoms with Gasteiger partial charge in [-0.2, -0.15) is 0 Å². The van der Waals surface area contributed by atoms with Crippen LogP contribution in [0.5, 0.6) is 5.75 Å². The van der Waals surface area contributed by atoms with Gasteiger partial charge in [0.15, 0.2) is 0 Å². The van der Waals surface area contributed by atoms with Crippen molar-refractivity contribution in [3.8, 4) is 5.75 Å². The van der Waals surface area contributed by atoms with E-state index in [2.05, 4.69) is 9.80 Å². The predicted molar refractivity (Wildman–Crippen MR) is 109 cm³/mol. The van der Waals surface area contributed by atoms with E-state index in [1.54, 1.807) is 30.3 Å². The van der Waals surface area contributed by atoms with Crippen LogP contribution in [0.4, 0.5) is 11.4 Å². The summed E-state index contributed by atoms with van der Waals surface area (Å²) in [5, 5.41) is 10.2. The number of hydrogen-bond donors (Lipinski definition) is 1. The van der Waals surface area contributed by atoms with Crippen LogP contribution in [0, 0.1) is 0 Å². The topological polar surface area (TPSA) is 64.1 Å². The molecule has 2 aliphatic heterocycles. The molecule has 0 spiro atoms. The Balaban J connectivity index is 1.45. The number of carbonyl (C=O) groups excluding carboxylic acids is 2. The maximum atomic E-state index is 13.0. The van der Waals surface area contributed by atoms with Gasteiger partial charge in [0, 0.05) is 41.9 Å². The van der Waals surface area contributed by atoms with E-state index >= 15 is 0 Å². The van der Waals surface area contributed by atoms with Crippen LogP contribution >= 0.6 is 23.2 Å². The molecule has 1 unspecified atom stereocenters. The van der Waals surface area contributed by atoms with Crippen LogP contribution in [0.15, 0.2) is 42.5 Å². The van der Waals surface area contributed by atoms with Crippen molar-refractivity contribution in [3.05, 3.63) is 52.5 Å². The molecule has 0 saturated carbocycles. The molecule has 28 heavy (non-hydrogen) atoms. The zero-order chi connectivity index (χ0) is 19.8. The van der Waals surface area contributed by atoms with Gasteiger partial charge in [-0.25, -0.2) is 4.90 Å². The minimum atomic E-state index is -0.466. The molecule has 146 valence electrons.